The van der Waals surface area contributed by atoms with Gasteiger partial charge in [-0.3, -0.25) is 9.59 Å². The van der Waals surface area contributed by atoms with E-state index in [1.165, 1.54) is 36.4 Å². The Balaban J connectivity index is 1.34. The molecule has 3 heterocycles. The Kier molecular flexibility index (Phi) is 9.20. The van der Waals surface area contributed by atoms with Crippen LogP contribution in [0.25, 0.3) is 11.3 Å². The average molecular weight is 598 g/mol. The van der Waals surface area contributed by atoms with E-state index < -0.39 is 36.3 Å². The van der Waals surface area contributed by atoms with E-state index in [4.69, 9.17) is 21.1 Å². The summed E-state index contributed by atoms with van der Waals surface area (Å²) < 4.78 is 25.2. The third-order valence-electron chi connectivity index (χ3n) is 7.67. The van der Waals surface area contributed by atoms with Crippen LogP contribution in [0.5, 0.6) is 5.75 Å². The second kappa shape index (κ2) is 13.0. The van der Waals surface area contributed by atoms with E-state index in [1.807, 2.05) is 6.07 Å². The second-order valence-electron chi connectivity index (χ2n) is 10.3. The van der Waals surface area contributed by atoms with Crippen LogP contribution in [-0.2, 0) is 16.1 Å². The van der Waals surface area contributed by atoms with Gasteiger partial charge in [-0.25, -0.2) is 14.4 Å². The maximum atomic E-state index is 14.6. The minimum absolute atomic E-state index is 0.130. The number of aliphatic hydroxyl groups excluding tert-OH is 1. The van der Waals surface area contributed by atoms with Crippen molar-refractivity contribution in [3.05, 3.63) is 70.1 Å². The van der Waals surface area contributed by atoms with Gasteiger partial charge in [0.25, 0.3) is 5.91 Å². The molecule has 2 aliphatic rings. The molecule has 0 spiro atoms. The molecule has 0 bridgehead atoms. The van der Waals surface area contributed by atoms with Gasteiger partial charge in [0.2, 0.25) is 11.9 Å². The van der Waals surface area contributed by atoms with Crippen LogP contribution >= 0.6 is 11.6 Å². The first-order valence-corrected chi connectivity index (χ1v) is 14.3. The first-order valence-electron chi connectivity index (χ1n) is 13.9. The zero-order valence-electron chi connectivity index (χ0n) is 23.4. The summed E-state index contributed by atoms with van der Waals surface area (Å²) in [5.41, 5.74) is 2.44. The van der Waals surface area contributed by atoms with Crippen LogP contribution in [0.2, 0.25) is 5.02 Å². The molecule has 1 fully saturated rings. The number of nitrogens with one attached hydrogen (secondary N) is 2. The summed E-state index contributed by atoms with van der Waals surface area (Å²) in [5.74, 6) is -0.600. The number of rotatable bonds is 10. The van der Waals surface area contributed by atoms with Gasteiger partial charge in [-0.2, -0.15) is 0 Å². The number of aliphatic hydroxyl groups is 1. The summed E-state index contributed by atoms with van der Waals surface area (Å²) in [6.07, 6.45) is 3.60. The summed E-state index contributed by atoms with van der Waals surface area (Å²) in [5, 5.41) is 16.6. The van der Waals surface area contributed by atoms with Crippen LogP contribution < -0.4 is 15.4 Å². The molecule has 1 aromatic heterocycles. The van der Waals surface area contributed by atoms with E-state index in [1.54, 1.807) is 19.1 Å². The summed E-state index contributed by atoms with van der Waals surface area (Å²) in [7, 11) is 1.47. The maximum absolute atomic E-state index is 14.6. The number of amides is 2. The third-order valence-corrected chi connectivity index (χ3v) is 7.95. The molecule has 2 aromatic carbocycles. The summed E-state index contributed by atoms with van der Waals surface area (Å²) >= 11 is 6.46. The van der Waals surface area contributed by atoms with E-state index in [0.717, 1.165) is 12.8 Å². The number of aromatic nitrogens is 2. The predicted molar refractivity (Wildman–Crippen MR) is 155 cm³/mol. The average Bonchev–Trinajstić information content (AvgIpc) is 3.33. The lowest BCUT2D eigenvalue weighted by molar-refractivity contribution is -0.127. The van der Waals surface area contributed by atoms with Gasteiger partial charge in [-0.1, -0.05) is 30.7 Å². The van der Waals surface area contributed by atoms with E-state index >= 15 is 0 Å². The molecular weight excluding hydrogens is 565 g/mol. The molecule has 3 aromatic rings. The lowest BCUT2D eigenvalue weighted by Gasteiger charge is -2.28. The number of benzene rings is 2. The first-order chi connectivity index (χ1) is 20.3. The third kappa shape index (κ3) is 6.18. The minimum Gasteiger partial charge on any atom is -0.497 e. The zero-order chi connectivity index (χ0) is 29.8. The number of nitrogens with zero attached hydrogens (tertiary/aromatic N) is 3. The van der Waals surface area contributed by atoms with Crippen LogP contribution in [0.4, 0.5) is 10.3 Å². The van der Waals surface area contributed by atoms with Gasteiger partial charge in [0, 0.05) is 42.5 Å². The van der Waals surface area contributed by atoms with Gasteiger partial charge in [-0.15, -0.1) is 0 Å². The van der Waals surface area contributed by atoms with Crippen molar-refractivity contribution >= 4 is 29.4 Å². The maximum Gasteiger partial charge on any atom is 0.255 e. The normalized spacial score (nSPS) is 16.6. The summed E-state index contributed by atoms with van der Waals surface area (Å²) in [6.45, 7) is 2.68. The van der Waals surface area contributed by atoms with Crippen molar-refractivity contribution in [1.82, 2.24) is 20.2 Å². The SMILES string of the molecule is CC[C@@H](NC(=O)[C@@H](CO)N1Cc2ccc(-c3nc(NC4CCOCC4)ncc3Cl)cc2C1=O)c1cc(OC)ccc1F. The lowest BCUT2D eigenvalue weighted by Crippen LogP contribution is -2.50. The van der Waals surface area contributed by atoms with Crippen LogP contribution in [0.1, 0.15) is 53.7 Å². The fourth-order valence-corrected chi connectivity index (χ4v) is 5.49. The molecule has 2 aliphatic heterocycles. The van der Waals surface area contributed by atoms with Gasteiger partial charge in [0.05, 0.1) is 36.7 Å². The highest BCUT2D eigenvalue weighted by Crippen LogP contribution is 2.33. The Morgan fingerprint density at radius 2 is 2.05 bits per heavy atom. The molecule has 0 radical (unpaired) electrons. The van der Waals surface area contributed by atoms with Crippen LogP contribution in [0.15, 0.2) is 42.6 Å². The van der Waals surface area contributed by atoms with E-state index in [9.17, 15) is 19.1 Å². The van der Waals surface area contributed by atoms with Crippen molar-refractivity contribution in [3.8, 4) is 17.0 Å². The summed E-state index contributed by atoms with van der Waals surface area (Å²) in [4.78, 5) is 37.1. The number of methoxy groups -OCH3 is 1. The lowest BCUT2D eigenvalue weighted by atomic mass is 10.0. The molecule has 2 amide bonds. The standard InChI is InChI=1S/C30H33ClFN5O5/c1-3-25(22-13-20(41-2)6-7-24(22)32)35-28(39)26(16-38)37-15-18-5-4-17(12-21(18)29(37)40)27-23(31)14-33-30(36-27)34-19-8-10-42-11-9-19/h4-7,12-14,19,25-26,38H,3,8-11,15-16H2,1-2H3,(H,35,39)(H,33,34,36)/t25-,26-/m1/s1. The molecule has 12 heteroatoms. The molecule has 5 rings (SSSR count). The summed E-state index contributed by atoms with van der Waals surface area (Å²) in [6, 6.07) is 7.93. The quantitative estimate of drug-likeness (QED) is 0.319. The molecule has 0 unspecified atom stereocenters. The van der Waals surface area contributed by atoms with Crippen molar-refractivity contribution in [3.63, 3.8) is 0 Å². The molecular formula is C30H33ClFN5O5. The molecule has 0 aliphatic carbocycles. The van der Waals surface area contributed by atoms with E-state index in [2.05, 4.69) is 20.6 Å². The second-order valence-corrected chi connectivity index (χ2v) is 10.7. The topological polar surface area (TPSA) is 126 Å². The smallest absolute Gasteiger partial charge is 0.255 e. The largest absolute Gasteiger partial charge is 0.497 e. The Morgan fingerprint density at radius 1 is 1.26 bits per heavy atom. The number of hydrogen-bond donors (Lipinski definition) is 3. The van der Waals surface area contributed by atoms with Gasteiger partial charge >= 0.3 is 0 Å². The highest BCUT2D eigenvalue weighted by atomic mass is 35.5. The Morgan fingerprint density at radius 3 is 2.76 bits per heavy atom. The Bertz CT molecular complexity index is 1470. The number of halogens is 2. The van der Waals surface area contributed by atoms with Gasteiger partial charge in [-0.05, 0) is 49.1 Å². The van der Waals surface area contributed by atoms with Crippen molar-refractivity contribution in [2.75, 3.05) is 32.2 Å². The van der Waals surface area contributed by atoms with Crippen LogP contribution in [0, 0.1) is 5.82 Å². The fraction of sp³-hybridized carbons (Fsp3) is 0.400. The first kappa shape index (κ1) is 29.7. The Hall–Kier alpha value is -3.80. The molecule has 2 atom stereocenters. The highest BCUT2D eigenvalue weighted by molar-refractivity contribution is 6.33. The molecule has 10 nitrogen and oxygen atoms in total. The number of anilines is 1. The van der Waals surface area contributed by atoms with Crippen LogP contribution in [0.3, 0.4) is 0 Å². The minimum atomic E-state index is -1.17. The van der Waals surface area contributed by atoms with Crippen LogP contribution in [-0.4, -0.2) is 70.8 Å². The monoisotopic (exact) mass is 597 g/mol. The van der Waals surface area contributed by atoms with E-state index in [-0.39, 0.29) is 18.2 Å². The van der Waals surface area contributed by atoms with Crippen molar-refractivity contribution in [2.24, 2.45) is 0 Å². The van der Waals surface area contributed by atoms with E-state index in [0.29, 0.717) is 58.7 Å². The molecule has 42 heavy (non-hydrogen) atoms. The number of fused-ring (bicyclic) bond motifs is 1. The molecule has 3 N–H and O–H groups in total. The fourth-order valence-electron chi connectivity index (χ4n) is 5.29. The Labute approximate surface area is 248 Å². The number of carbonyl (C=O) groups excluding carboxylic acids is 2. The highest BCUT2D eigenvalue weighted by Gasteiger charge is 2.37. The number of carbonyl (C=O) groups is 2. The number of ether oxygens (including phenoxy) is 2. The van der Waals surface area contributed by atoms with Gasteiger partial charge in [0.15, 0.2) is 0 Å². The van der Waals surface area contributed by atoms with Crippen molar-refractivity contribution < 1.29 is 28.6 Å². The molecule has 0 saturated carbocycles. The van der Waals surface area contributed by atoms with Crippen molar-refractivity contribution in [1.29, 1.82) is 0 Å². The predicted octanol–water partition coefficient (Wildman–Crippen LogP) is 4.12. The number of hydrogen-bond acceptors (Lipinski definition) is 8. The molecule has 1 saturated heterocycles. The molecule has 222 valence electrons. The van der Waals surface area contributed by atoms with Gasteiger partial charge in [0.1, 0.15) is 17.6 Å². The van der Waals surface area contributed by atoms with Gasteiger partial charge < -0.3 is 30.1 Å². The zero-order valence-corrected chi connectivity index (χ0v) is 24.2. The van der Waals surface area contributed by atoms with Crippen molar-refractivity contribution in [2.45, 2.75) is 50.9 Å².